The summed E-state index contributed by atoms with van der Waals surface area (Å²) in [5, 5.41) is 13.4. The Morgan fingerprint density at radius 1 is 0.979 bits per heavy atom. The lowest BCUT2D eigenvalue weighted by molar-refractivity contribution is -0.156. The monoisotopic (exact) mass is 680 g/mol. The SMILES string of the molecule is CC(C)(C)OC(=O)C[C@H](NC(=O)C1CCCCN(C(=O)C(=O)Cc2ccccc2C(C)(C)C)C1)C(O)COc1c(F)c(F)cc(F)c1F. The third-order valence-corrected chi connectivity index (χ3v) is 7.81. The Kier molecular flexibility index (Phi) is 12.8. The first kappa shape index (κ1) is 38.4. The van der Waals surface area contributed by atoms with Crippen LogP contribution in [-0.2, 0) is 35.8 Å². The molecule has 0 radical (unpaired) electrons. The largest absolute Gasteiger partial charge is 0.485 e. The summed E-state index contributed by atoms with van der Waals surface area (Å²) in [5.74, 6) is -12.2. The number of hydrogen-bond donors (Lipinski definition) is 2. The number of aliphatic hydroxyl groups excluding tert-OH is 1. The average Bonchev–Trinajstić information content (AvgIpc) is 3.24. The second kappa shape index (κ2) is 15.9. The molecule has 9 nitrogen and oxygen atoms in total. The van der Waals surface area contributed by atoms with Crippen LogP contribution in [0.15, 0.2) is 30.3 Å². The normalized spacial score (nSPS) is 16.8. The van der Waals surface area contributed by atoms with Crippen LogP contribution in [0.1, 0.15) is 78.4 Å². The molecule has 1 heterocycles. The highest BCUT2D eigenvalue weighted by Gasteiger charge is 2.34. The number of nitrogens with one attached hydrogen (secondary N) is 1. The molecule has 1 aliphatic rings. The van der Waals surface area contributed by atoms with Crippen molar-refractivity contribution in [2.45, 2.75) is 96.8 Å². The van der Waals surface area contributed by atoms with Crippen molar-refractivity contribution in [2.24, 2.45) is 5.92 Å². The van der Waals surface area contributed by atoms with Crippen LogP contribution in [0, 0.1) is 29.2 Å². The molecule has 2 N–H and O–H groups in total. The molecule has 0 bridgehead atoms. The van der Waals surface area contributed by atoms with E-state index in [4.69, 9.17) is 9.47 Å². The van der Waals surface area contributed by atoms with Crippen LogP contribution in [0.2, 0.25) is 0 Å². The average molecular weight is 681 g/mol. The van der Waals surface area contributed by atoms with Crippen LogP contribution in [0.5, 0.6) is 5.75 Å². The lowest BCUT2D eigenvalue weighted by Gasteiger charge is -2.29. The number of carbonyl (C=O) groups is 4. The van der Waals surface area contributed by atoms with Crippen molar-refractivity contribution < 1.29 is 51.3 Å². The number of halogens is 4. The zero-order valence-electron chi connectivity index (χ0n) is 28.1. The summed E-state index contributed by atoms with van der Waals surface area (Å²) in [6.45, 7) is 9.99. The fourth-order valence-electron chi connectivity index (χ4n) is 5.48. The molecule has 0 saturated carbocycles. The molecule has 0 spiro atoms. The smallest absolute Gasteiger partial charge is 0.308 e. The lowest BCUT2D eigenvalue weighted by Crippen LogP contribution is -2.51. The second-order valence-electron chi connectivity index (χ2n) is 14.0. The number of amides is 2. The number of esters is 1. The van der Waals surface area contributed by atoms with Gasteiger partial charge in [0.1, 0.15) is 18.3 Å². The van der Waals surface area contributed by atoms with Crippen molar-refractivity contribution >= 4 is 23.6 Å². The molecule has 2 aromatic carbocycles. The van der Waals surface area contributed by atoms with Crippen LogP contribution >= 0.6 is 0 Å². The van der Waals surface area contributed by atoms with E-state index in [0.29, 0.717) is 19.3 Å². The summed E-state index contributed by atoms with van der Waals surface area (Å²) >= 11 is 0. The van der Waals surface area contributed by atoms with Gasteiger partial charge in [-0.25, -0.2) is 8.78 Å². The summed E-state index contributed by atoms with van der Waals surface area (Å²) in [4.78, 5) is 54.0. The molecule has 0 aromatic heterocycles. The highest BCUT2D eigenvalue weighted by Crippen LogP contribution is 2.28. The quantitative estimate of drug-likeness (QED) is 0.149. The highest BCUT2D eigenvalue weighted by atomic mass is 19.2. The van der Waals surface area contributed by atoms with Crippen LogP contribution in [0.25, 0.3) is 0 Å². The predicted molar refractivity (Wildman–Crippen MR) is 168 cm³/mol. The van der Waals surface area contributed by atoms with E-state index in [1.807, 2.05) is 32.9 Å². The molecule has 2 amide bonds. The first-order valence-electron chi connectivity index (χ1n) is 15.8. The zero-order chi connectivity index (χ0) is 36.0. The van der Waals surface area contributed by atoms with Crippen molar-refractivity contribution in [2.75, 3.05) is 19.7 Å². The molecule has 1 saturated heterocycles. The first-order valence-corrected chi connectivity index (χ1v) is 15.8. The fraction of sp³-hybridized carbons (Fsp3) is 0.543. The molecule has 2 aromatic rings. The molecule has 0 aliphatic carbocycles. The maximum absolute atomic E-state index is 14.1. The van der Waals surface area contributed by atoms with Crippen LogP contribution in [0.4, 0.5) is 17.6 Å². The molecule has 13 heteroatoms. The molecule has 1 aliphatic heterocycles. The Balaban J connectivity index is 1.76. The minimum Gasteiger partial charge on any atom is -0.485 e. The minimum absolute atomic E-state index is 0.00136. The van der Waals surface area contributed by atoms with Gasteiger partial charge in [0.15, 0.2) is 17.4 Å². The van der Waals surface area contributed by atoms with E-state index < -0.39 is 89.3 Å². The van der Waals surface area contributed by atoms with Crippen molar-refractivity contribution in [3.05, 3.63) is 64.7 Å². The lowest BCUT2D eigenvalue weighted by atomic mass is 9.82. The van der Waals surface area contributed by atoms with E-state index in [9.17, 15) is 41.8 Å². The number of Topliss-reactive ketones (excluding diaryl/α,β-unsaturated/α-hetero) is 1. The van der Waals surface area contributed by atoms with E-state index in [0.717, 1.165) is 11.1 Å². The Hall–Kier alpha value is -4.00. The Morgan fingerprint density at radius 3 is 2.21 bits per heavy atom. The number of aliphatic hydroxyl groups is 1. The molecule has 264 valence electrons. The number of likely N-dealkylation sites (tertiary alicyclic amines) is 1. The van der Waals surface area contributed by atoms with Gasteiger partial charge in [-0.15, -0.1) is 0 Å². The van der Waals surface area contributed by atoms with Gasteiger partial charge in [0.2, 0.25) is 23.3 Å². The topological polar surface area (TPSA) is 122 Å². The molecule has 3 atom stereocenters. The molecular weight excluding hydrogens is 636 g/mol. The maximum atomic E-state index is 14.1. The van der Waals surface area contributed by atoms with Crippen molar-refractivity contribution in [3.63, 3.8) is 0 Å². The number of ether oxygens (including phenoxy) is 2. The van der Waals surface area contributed by atoms with Crippen molar-refractivity contribution in [3.8, 4) is 5.75 Å². The second-order valence-corrected chi connectivity index (χ2v) is 14.0. The van der Waals surface area contributed by atoms with Gasteiger partial charge in [-0.1, -0.05) is 51.5 Å². The van der Waals surface area contributed by atoms with Gasteiger partial charge in [-0.3, -0.25) is 19.2 Å². The summed E-state index contributed by atoms with van der Waals surface area (Å²) < 4.78 is 65.8. The van der Waals surface area contributed by atoms with Crippen LogP contribution < -0.4 is 10.1 Å². The first-order chi connectivity index (χ1) is 22.3. The third kappa shape index (κ3) is 10.5. The van der Waals surface area contributed by atoms with Gasteiger partial charge in [0, 0.05) is 25.6 Å². The van der Waals surface area contributed by atoms with E-state index in [1.165, 1.54) is 4.90 Å². The minimum atomic E-state index is -1.83. The Morgan fingerprint density at radius 2 is 1.60 bits per heavy atom. The zero-order valence-corrected chi connectivity index (χ0v) is 28.1. The number of rotatable bonds is 11. The van der Waals surface area contributed by atoms with Gasteiger partial charge < -0.3 is 24.8 Å². The van der Waals surface area contributed by atoms with Crippen molar-refractivity contribution in [1.29, 1.82) is 0 Å². The molecule has 3 rings (SSSR count). The van der Waals surface area contributed by atoms with Gasteiger partial charge in [0.05, 0.1) is 18.4 Å². The van der Waals surface area contributed by atoms with Crippen LogP contribution in [-0.4, -0.2) is 71.0 Å². The third-order valence-electron chi connectivity index (χ3n) is 7.81. The summed E-state index contributed by atoms with van der Waals surface area (Å²) in [7, 11) is 0. The van der Waals surface area contributed by atoms with Gasteiger partial charge in [-0.05, 0) is 50.2 Å². The van der Waals surface area contributed by atoms with E-state index in [2.05, 4.69) is 5.32 Å². The number of nitrogens with zero attached hydrogens (tertiary/aromatic N) is 1. The Labute approximate surface area is 278 Å². The summed E-state index contributed by atoms with van der Waals surface area (Å²) in [6.07, 6.45) is -1.13. The Bertz CT molecular complexity index is 1480. The van der Waals surface area contributed by atoms with Crippen molar-refractivity contribution in [1.82, 2.24) is 10.2 Å². The highest BCUT2D eigenvalue weighted by molar-refractivity contribution is 6.36. The maximum Gasteiger partial charge on any atom is 0.308 e. The summed E-state index contributed by atoms with van der Waals surface area (Å²) in [6, 6.07) is 5.95. The molecule has 1 fully saturated rings. The van der Waals surface area contributed by atoms with E-state index >= 15 is 0 Å². The molecule has 2 unspecified atom stereocenters. The summed E-state index contributed by atoms with van der Waals surface area (Å²) in [5.41, 5.74) is 0.480. The molecular formula is C35H44F4N2O7. The van der Waals surface area contributed by atoms with Crippen LogP contribution in [0.3, 0.4) is 0 Å². The number of carbonyl (C=O) groups excluding carboxylic acids is 4. The fourth-order valence-corrected chi connectivity index (χ4v) is 5.48. The van der Waals surface area contributed by atoms with Gasteiger partial charge >= 0.3 is 5.97 Å². The van der Waals surface area contributed by atoms with E-state index in [-0.39, 0.29) is 31.0 Å². The van der Waals surface area contributed by atoms with Gasteiger partial charge in [-0.2, -0.15) is 8.78 Å². The van der Waals surface area contributed by atoms with Gasteiger partial charge in [0.25, 0.3) is 5.91 Å². The van der Waals surface area contributed by atoms with E-state index in [1.54, 1.807) is 32.9 Å². The predicted octanol–water partition coefficient (Wildman–Crippen LogP) is 4.94. The number of hydrogen-bond acceptors (Lipinski definition) is 7. The standard InChI is InChI=1S/C35H44F4N2O7/c1-34(2,3)22-13-8-7-11-20(22)15-26(42)33(46)41-14-10-9-12-21(18-41)32(45)40-25(17-28(44)48-35(4,5)6)27(43)19-47-31-29(38)23(36)16-24(37)30(31)39/h7-8,11,13,16,21,25,27,43H,9-10,12,14-15,17-19H2,1-6H3,(H,40,45)/t21?,25-,27?/m0/s1. The number of ketones is 1. The number of benzene rings is 2. The molecule has 48 heavy (non-hydrogen) atoms.